The van der Waals surface area contributed by atoms with Gasteiger partial charge in [-0.1, -0.05) is 23.7 Å². The lowest BCUT2D eigenvalue weighted by molar-refractivity contribution is -0.159. The van der Waals surface area contributed by atoms with Gasteiger partial charge in [0.15, 0.2) is 0 Å². The number of benzene rings is 2. The van der Waals surface area contributed by atoms with Crippen LogP contribution in [0.25, 0.3) is 22.5 Å². The Balaban J connectivity index is 2.03. The molecule has 0 aliphatic heterocycles. The number of nitrogens with two attached hydrogens (primary N) is 1. The molecule has 1 amide bonds. The second-order valence-corrected chi connectivity index (χ2v) is 8.53. The first-order chi connectivity index (χ1) is 14.1. The molecule has 0 bridgehead atoms. The van der Waals surface area contributed by atoms with Crippen molar-refractivity contribution in [1.29, 1.82) is 0 Å². The maximum absolute atomic E-state index is 13.5. The quantitative estimate of drug-likeness (QED) is 0.435. The first-order valence-electron chi connectivity index (χ1n) is 8.73. The number of hydrogen-bond donors (Lipinski definition) is 2. The van der Waals surface area contributed by atoms with Crippen molar-refractivity contribution in [2.24, 2.45) is 5.14 Å². The van der Waals surface area contributed by atoms with Gasteiger partial charge in [0.1, 0.15) is 17.3 Å². The summed E-state index contributed by atoms with van der Waals surface area (Å²) >= 11 is 5.86. The molecular weight excluding hydrogens is 435 g/mol. The Labute approximate surface area is 177 Å². The number of hydroxylamine groups is 2. The Kier molecular flexibility index (Phi) is 6.27. The fourth-order valence-electron chi connectivity index (χ4n) is 2.86. The molecule has 158 valence electrons. The molecule has 3 rings (SSSR count). The van der Waals surface area contributed by atoms with Gasteiger partial charge < -0.3 is 4.42 Å². The van der Waals surface area contributed by atoms with Gasteiger partial charge in [0.2, 0.25) is 15.9 Å². The van der Waals surface area contributed by atoms with Crippen LogP contribution in [0.3, 0.4) is 0 Å². The third kappa shape index (κ3) is 4.88. The Morgan fingerprint density at radius 3 is 2.37 bits per heavy atom. The van der Waals surface area contributed by atoms with Crippen molar-refractivity contribution in [2.75, 3.05) is 7.05 Å². The van der Waals surface area contributed by atoms with Crippen LogP contribution in [-0.4, -0.2) is 31.6 Å². The van der Waals surface area contributed by atoms with Gasteiger partial charge in [-0.05, 0) is 42.0 Å². The van der Waals surface area contributed by atoms with Crippen LogP contribution in [0.15, 0.2) is 57.8 Å². The van der Waals surface area contributed by atoms with E-state index in [0.717, 1.165) is 0 Å². The van der Waals surface area contributed by atoms with Crippen molar-refractivity contribution < 1.29 is 27.2 Å². The molecule has 0 saturated heterocycles. The molecule has 0 saturated carbocycles. The molecule has 0 fully saturated rings. The van der Waals surface area contributed by atoms with E-state index in [4.69, 9.17) is 21.2 Å². The number of halogens is 2. The summed E-state index contributed by atoms with van der Waals surface area (Å²) in [6.07, 6.45) is 0.150. The van der Waals surface area contributed by atoms with Gasteiger partial charge in [-0.2, -0.15) is 0 Å². The van der Waals surface area contributed by atoms with Crippen molar-refractivity contribution >= 4 is 27.5 Å². The van der Waals surface area contributed by atoms with Crippen LogP contribution in [0, 0.1) is 5.82 Å². The third-order valence-corrected chi connectivity index (χ3v) is 5.65. The zero-order valence-electron chi connectivity index (χ0n) is 15.8. The van der Waals surface area contributed by atoms with Crippen LogP contribution in [0.5, 0.6) is 0 Å². The number of rotatable bonds is 6. The highest BCUT2D eigenvalue weighted by molar-refractivity contribution is 7.89. The van der Waals surface area contributed by atoms with E-state index in [0.29, 0.717) is 33.3 Å². The Morgan fingerprint density at radius 2 is 1.80 bits per heavy atom. The van der Waals surface area contributed by atoms with E-state index in [1.165, 1.54) is 37.4 Å². The van der Waals surface area contributed by atoms with Crippen LogP contribution >= 0.6 is 11.6 Å². The lowest BCUT2D eigenvalue weighted by Crippen LogP contribution is -2.22. The minimum Gasteiger partial charge on any atom is -0.460 e. The number of amides is 1. The number of nitrogens with zero attached hydrogens (tertiary/aromatic N) is 1. The second-order valence-electron chi connectivity index (χ2n) is 6.56. The van der Waals surface area contributed by atoms with Crippen molar-refractivity contribution in [3.05, 3.63) is 65.1 Å². The maximum atomic E-state index is 13.5. The molecule has 0 atom stereocenters. The van der Waals surface area contributed by atoms with Gasteiger partial charge in [0.25, 0.3) is 0 Å². The van der Waals surface area contributed by atoms with Gasteiger partial charge in [0.05, 0.1) is 9.92 Å². The van der Waals surface area contributed by atoms with Crippen LogP contribution in [0.2, 0.25) is 5.02 Å². The molecule has 30 heavy (non-hydrogen) atoms. The fourth-order valence-corrected chi connectivity index (χ4v) is 3.55. The second kappa shape index (κ2) is 8.57. The average molecular weight is 453 g/mol. The highest BCUT2D eigenvalue weighted by Crippen LogP contribution is 2.35. The Morgan fingerprint density at radius 1 is 1.17 bits per heavy atom. The summed E-state index contributed by atoms with van der Waals surface area (Å²) in [4.78, 5) is 11.7. The molecule has 3 aromatic rings. The summed E-state index contributed by atoms with van der Waals surface area (Å²) < 4.78 is 42.4. The van der Waals surface area contributed by atoms with E-state index in [2.05, 4.69) is 0 Å². The molecule has 3 N–H and O–H groups in total. The smallest absolute Gasteiger partial charge is 0.246 e. The van der Waals surface area contributed by atoms with Gasteiger partial charge in [-0.3, -0.25) is 10.0 Å². The summed E-state index contributed by atoms with van der Waals surface area (Å²) in [7, 11) is -2.62. The van der Waals surface area contributed by atoms with E-state index in [1.807, 2.05) is 0 Å². The zero-order valence-corrected chi connectivity index (χ0v) is 17.4. The van der Waals surface area contributed by atoms with E-state index in [9.17, 15) is 22.8 Å². The summed E-state index contributed by atoms with van der Waals surface area (Å²) in [5, 5.41) is 14.8. The number of aryl methyl sites for hydroxylation is 1. The number of sulfonamides is 1. The fraction of sp³-hybridized carbons (Fsp3) is 0.150. The van der Waals surface area contributed by atoms with Crippen molar-refractivity contribution in [1.82, 2.24) is 5.06 Å². The van der Waals surface area contributed by atoms with E-state index >= 15 is 0 Å². The molecule has 0 aliphatic rings. The van der Waals surface area contributed by atoms with E-state index in [1.54, 1.807) is 18.2 Å². The van der Waals surface area contributed by atoms with Gasteiger partial charge in [-0.15, -0.1) is 0 Å². The standard InChI is InChI=1S/C20H18ClFN2O5S/c1-24(26)20(25)9-8-18-15(12-2-5-14(6-3-12)30(23,27)28)11-19(29-18)13-4-7-17(22)16(21)10-13/h2-7,10-11,26H,8-9H2,1H3,(H2,23,27,28). The summed E-state index contributed by atoms with van der Waals surface area (Å²) in [5.74, 6) is -0.248. The number of carbonyl (C=O) groups excluding carboxylic acids is 1. The zero-order chi connectivity index (χ0) is 22.1. The molecule has 0 unspecified atom stereocenters. The first kappa shape index (κ1) is 22.0. The molecule has 0 radical (unpaired) electrons. The minimum atomic E-state index is -3.84. The SMILES string of the molecule is CN(O)C(=O)CCc1oc(-c2ccc(F)c(Cl)c2)cc1-c1ccc(S(N)(=O)=O)cc1. The highest BCUT2D eigenvalue weighted by atomic mass is 35.5. The van der Waals surface area contributed by atoms with Gasteiger partial charge in [0, 0.05) is 31.0 Å². The lowest BCUT2D eigenvalue weighted by atomic mass is 10.0. The van der Waals surface area contributed by atoms with Crippen LogP contribution in [0.4, 0.5) is 4.39 Å². The predicted octanol–water partition coefficient (Wildman–Crippen LogP) is 3.83. The molecule has 2 aromatic carbocycles. The highest BCUT2D eigenvalue weighted by Gasteiger charge is 2.18. The maximum Gasteiger partial charge on any atom is 0.246 e. The van der Waals surface area contributed by atoms with Crippen molar-refractivity contribution in [3.8, 4) is 22.5 Å². The molecular formula is C20H18ClFN2O5S. The molecule has 0 aliphatic carbocycles. The molecule has 1 heterocycles. The summed E-state index contributed by atoms with van der Waals surface area (Å²) in [6.45, 7) is 0. The molecule has 7 nitrogen and oxygen atoms in total. The minimum absolute atomic E-state index is 0.0214. The van der Waals surface area contributed by atoms with Gasteiger partial charge >= 0.3 is 0 Å². The van der Waals surface area contributed by atoms with E-state index in [-0.39, 0.29) is 22.8 Å². The number of furan rings is 1. The van der Waals surface area contributed by atoms with Crippen LogP contribution in [-0.2, 0) is 21.2 Å². The largest absolute Gasteiger partial charge is 0.460 e. The first-order valence-corrected chi connectivity index (χ1v) is 10.7. The normalized spacial score (nSPS) is 11.5. The Bertz CT molecular complexity index is 1190. The number of carbonyl (C=O) groups is 1. The Hall–Kier alpha value is -2.72. The molecule has 1 aromatic heterocycles. The molecule has 0 spiro atoms. The van der Waals surface area contributed by atoms with Crippen molar-refractivity contribution in [3.63, 3.8) is 0 Å². The summed E-state index contributed by atoms with van der Waals surface area (Å²) in [6, 6.07) is 11.7. The topological polar surface area (TPSA) is 114 Å². The third-order valence-electron chi connectivity index (χ3n) is 4.43. The monoisotopic (exact) mass is 452 g/mol. The molecule has 10 heteroatoms. The number of hydrogen-bond acceptors (Lipinski definition) is 5. The lowest BCUT2D eigenvalue weighted by Gasteiger charge is -2.08. The van der Waals surface area contributed by atoms with Crippen LogP contribution in [0.1, 0.15) is 12.2 Å². The van der Waals surface area contributed by atoms with Crippen LogP contribution < -0.4 is 5.14 Å². The summed E-state index contributed by atoms with van der Waals surface area (Å²) in [5.41, 5.74) is 1.77. The van der Waals surface area contributed by atoms with Gasteiger partial charge in [-0.25, -0.2) is 23.0 Å². The average Bonchev–Trinajstić information content (AvgIpc) is 3.11. The number of primary sulfonamides is 1. The predicted molar refractivity (Wildman–Crippen MR) is 109 cm³/mol. The van der Waals surface area contributed by atoms with E-state index < -0.39 is 21.7 Å². The van der Waals surface area contributed by atoms with Crippen molar-refractivity contribution in [2.45, 2.75) is 17.7 Å².